The number of fused-ring (bicyclic) bond motifs is 1. The van der Waals surface area contributed by atoms with Gasteiger partial charge in [-0.15, -0.1) is 11.3 Å². The normalized spacial score (nSPS) is 10.9. The van der Waals surface area contributed by atoms with Gasteiger partial charge in [-0.3, -0.25) is 0 Å². The SMILES string of the molecule is Cc1ccc(C)c(Nc2nc(N)nc3sc(C)cc23)c1. The molecule has 0 aliphatic heterocycles. The third-order valence-electron chi connectivity index (χ3n) is 3.18. The summed E-state index contributed by atoms with van der Waals surface area (Å²) in [4.78, 5) is 10.7. The van der Waals surface area contributed by atoms with Crippen molar-refractivity contribution >= 4 is 39.0 Å². The van der Waals surface area contributed by atoms with Crippen LogP contribution in [0.4, 0.5) is 17.5 Å². The van der Waals surface area contributed by atoms with Crippen LogP contribution in [-0.4, -0.2) is 9.97 Å². The van der Waals surface area contributed by atoms with Crippen LogP contribution < -0.4 is 11.1 Å². The van der Waals surface area contributed by atoms with Gasteiger partial charge in [0.2, 0.25) is 5.95 Å². The van der Waals surface area contributed by atoms with Crippen molar-refractivity contribution in [2.24, 2.45) is 0 Å². The quantitative estimate of drug-likeness (QED) is 0.748. The number of nitrogens with one attached hydrogen (secondary N) is 1. The van der Waals surface area contributed by atoms with Gasteiger partial charge in [-0.1, -0.05) is 12.1 Å². The van der Waals surface area contributed by atoms with E-state index in [4.69, 9.17) is 5.73 Å². The summed E-state index contributed by atoms with van der Waals surface area (Å²) in [7, 11) is 0. The molecule has 0 radical (unpaired) electrons. The van der Waals surface area contributed by atoms with Crippen molar-refractivity contribution in [3.63, 3.8) is 0 Å². The first-order valence-electron chi connectivity index (χ1n) is 6.41. The van der Waals surface area contributed by atoms with E-state index in [1.165, 1.54) is 16.0 Å². The zero-order valence-corrected chi connectivity index (χ0v) is 12.5. The minimum Gasteiger partial charge on any atom is -0.368 e. The number of hydrogen-bond acceptors (Lipinski definition) is 5. The molecule has 102 valence electrons. The lowest BCUT2D eigenvalue weighted by Crippen LogP contribution is -2.01. The molecule has 0 fully saturated rings. The second kappa shape index (κ2) is 4.76. The van der Waals surface area contributed by atoms with Crippen molar-refractivity contribution < 1.29 is 0 Å². The number of nitrogens with zero attached hydrogens (tertiary/aromatic N) is 2. The summed E-state index contributed by atoms with van der Waals surface area (Å²) in [6.07, 6.45) is 0. The summed E-state index contributed by atoms with van der Waals surface area (Å²) < 4.78 is 0. The molecular weight excluding hydrogens is 268 g/mol. The summed E-state index contributed by atoms with van der Waals surface area (Å²) in [5.74, 6) is 1.07. The number of aryl methyl sites for hydroxylation is 3. The first-order chi connectivity index (χ1) is 9.52. The highest BCUT2D eigenvalue weighted by Crippen LogP contribution is 2.31. The van der Waals surface area contributed by atoms with Crippen molar-refractivity contribution in [1.82, 2.24) is 9.97 Å². The smallest absolute Gasteiger partial charge is 0.223 e. The van der Waals surface area contributed by atoms with E-state index in [9.17, 15) is 0 Å². The Morgan fingerprint density at radius 2 is 1.90 bits per heavy atom. The fourth-order valence-electron chi connectivity index (χ4n) is 2.15. The highest BCUT2D eigenvalue weighted by molar-refractivity contribution is 7.18. The number of anilines is 3. The molecule has 3 aromatic rings. The van der Waals surface area contributed by atoms with Gasteiger partial charge in [0.05, 0.1) is 5.39 Å². The maximum Gasteiger partial charge on any atom is 0.223 e. The van der Waals surface area contributed by atoms with Gasteiger partial charge in [0, 0.05) is 10.6 Å². The molecule has 0 saturated heterocycles. The number of benzene rings is 1. The van der Waals surface area contributed by atoms with Gasteiger partial charge in [-0.2, -0.15) is 4.98 Å². The van der Waals surface area contributed by atoms with E-state index in [0.29, 0.717) is 5.95 Å². The van der Waals surface area contributed by atoms with Gasteiger partial charge in [0.1, 0.15) is 10.6 Å². The number of nitrogens with two attached hydrogens (primary N) is 1. The van der Waals surface area contributed by atoms with E-state index in [1.54, 1.807) is 11.3 Å². The van der Waals surface area contributed by atoms with Crippen LogP contribution in [0.3, 0.4) is 0 Å². The highest BCUT2D eigenvalue weighted by Gasteiger charge is 2.10. The molecule has 0 unspecified atom stereocenters. The number of rotatable bonds is 2. The Kier molecular flexibility index (Phi) is 3.06. The Balaban J connectivity index is 2.12. The van der Waals surface area contributed by atoms with Gasteiger partial charge in [0.15, 0.2) is 0 Å². The number of thiophene rings is 1. The molecule has 0 atom stereocenters. The Morgan fingerprint density at radius 1 is 1.10 bits per heavy atom. The molecule has 4 nitrogen and oxygen atoms in total. The lowest BCUT2D eigenvalue weighted by molar-refractivity contribution is 1.24. The van der Waals surface area contributed by atoms with Gasteiger partial charge in [0.25, 0.3) is 0 Å². The second-order valence-corrected chi connectivity index (χ2v) is 6.18. The van der Waals surface area contributed by atoms with E-state index in [-0.39, 0.29) is 0 Å². The van der Waals surface area contributed by atoms with Gasteiger partial charge < -0.3 is 11.1 Å². The number of nitrogen functional groups attached to an aromatic ring is 1. The zero-order chi connectivity index (χ0) is 14.3. The van der Waals surface area contributed by atoms with Crippen molar-refractivity contribution in [2.75, 3.05) is 11.1 Å². The van der Waals surface area contributed by atoms with E-state index >= 15 is 0 Å². The molecule has 0 aliphatic carbocycles. The molecule has 0 aliphatic rings. The maximum atomic E-state index is 5.80. The minimum atomic E-state index is 0.298. The molecule has 0 amide bonds. The van der Waals surface area contributed by atoms with Crippen LogP contribution in [0.15, 0.2) is 24.3 Å². The summed E-state index contributed by atoms with van der Waals surface area (Å²) in [6.45, 7) is 6.20. The monoisotopic (exact) mass is 284 g/mol. The number of hydrogen-bond donors (Lipinski definition) is 2. The molecule has 20 heavy (non-hydrogen) atoms. The average molecular weight is 284 g/mol. The Morgan fingerprint density at radius 3 is 2.70 bits per heavy atom. The lowest BCUT2D eigenvalue weighted by atomic mass is 10.1. The van der Waals surface area contributed by atoms with E-state index in [2.05, 4.69) is 60.3 Å². The second-order valence-electron chi connectivity index (χ2n) is 4.95. The third kappa shape index (κ3) is 2.32. The summed E-state index contributed by atoms with van der Waals surface area (Å²) in [6, 6.07) is 8.39. The van der Waals surface area contributed by atoms with E-state index in [1.807, 2.05) is 0 Å². The molecule has 2 heterocycles. The fourth-order valence-corrected chi connectivity index (χ4v) is 3.04. The van der Waals surface area contributed by atoms with E-state index < -0.39 is 0 Å². The van der Waals surface area contributed by atoms with Crippen LogP contribution in [-0.2, 0) is 0 Å². The Labute approximate surface area is 121 Å². The number of aromatic nitrogens is 2. The molecule has 3 rings (SSSR count). The molecular formula is C15H16N4S. The van der Waals surface area contributed by atoms with Gasteiger partial charge in [-0.25, -0.2) is 4.98 Å². The molecule has 2 aromatic heterocycles. The fraction of sp³-hybridized carbons (Fsp3) is 0.200. The topological polar surface area (TPSA) is 63.8 Å². The standard InChI is InChI=1S/C15H16N4S/c1-8-4-5-9(2)12(6-8)17-13-11-7-10(3)20-14(11)19-15(16)18-13/h4-7H,1-3H3,(H3,16,17,18,19). The first kappa shape index (κ1) is 12.9. The average Bonchev–Trinajstić information content (AvgIpc) is 2.74. The van der Waals surface area contributed by atoms with Crippen LogP contribution in [0.5, 0.6) is 0 Å². The van der Waals surface area contributed by atoms with Crippen molar-refractivity contribution in [1.29, 1.82) is 0 Å². The van der Waals surface area contributed by atoms with Crippen LogP contribution in [0.1, 0.15) is 16.0 Å². The Hall–Kier alpha value is -2.14. The molecule has 5 heteroatoms. The highest BCUT2D eigenvalue weighted by atomic mass is 32.1. The van der Waals surface area contributed by atoms with Crippen molar-refractivity contribution in [3.05, 3.63) is 40.3 Å². The molecule has 0 bridgehead atoms. The predicted octanol–water partition coefficient (Wildman–Crippen LogP) is 3.94. The minimum absolute atomic E-state index is 0.298. The zero-order valence-electron chi connectivity index (χ0n) is 11.7. The van der Waals surface area contributed by atoms with Crippen LogP contribution in [0.25, 0.3) is 10.2 Å². The molecule has 3 N–H and O–H groups in total. The lowest BCUT2D eigenvalue weighted by Gasteiger charge is -2.11. The van der Waals surface area contributed by atoms with Crippen LogP contribution in [0.2, 0.25) is 0 Å². The molecule has 0 spiro atoms. The summed E-state index contributed by atoms with van der Waals surface area (Å²) in [5.41, 5.74) is 9.23. The van der Waals surface area contributed by atoms with Gasteiger partial charge >= 0.3 is 0 Å². The summed E-state index contributed by atoms with van der Waals surface area (Å²) >= 11 is 1.63. The Bertz CT molecular complexity index is 792. The molecule has 1 aromatic carbocycles. The maximum absolute atomic E-state index is 5.80. The largest absolute Gasteiger partial charge is 0.368 e. The van der Waals surface area contributed by atoms with E-state index in [0.717, 1.165) is 21.7 Å². The third-order valence-corrected chi connectivity index (χ3v) is 4.12. The summed E-state index contributed by atoms with van der Waals surface area (Å²) in [5, 5.41) is 4.40. The van der Waals surface area contributed by atoms with Crippen molar-refractivity contribution in [3.8, 4) is 0 Å². The molecule has 0 saturated carbocycles. The predicted molar refractivity (Wildman–Crippen MR) is 85.8 cm³/mol. The van der Waals surface area contributed by atoms with Crippen LogP contribution >= 0.6 is 11.3 Å². The van der Waals surface area contributed by atoms with Crippen LogP contribution in [0, 0.1) is 20.8 Å². The van der Waals surface area contributed by atoms with Crippen molar-refractivity contribution in [2.45, 2.75) is 20.8 Å². The first-order valence-corrected chi connectivity index (χ1v) is 7.22. The van der Waals surface area contributed by atoms with Gasteiger partial charge in [-0.05, 0) is 44.0 Å².